The van der Waals surface area contributed by atoms with Gasteiger partial charge < -0.3 is 0 Å². The van der Waals surface area contributed by atoms with E-state index in [-0.39, 0.29) is 0 Å². The summed E-state index contributed by atoms with van der Waals surface area (Å²) >= 11 is 0. The summed E-state index contributed by atoms with van der Waals surface area (Å²) in [5.74, 6) is 0. The summed E-state index contributed by atoms with van der Waals surface area (Å²) in [6.07, 6.45) is 2.41. The van der Waals surface area contributed by atoms with Crippen molar-refractivity contribution in [3.63, 3.8) is 0 Å². The average molecular weight is 233 g/mol. The van der Waals surface area contributed by atoms with Crippen molar-refractivity contribution in [3.05, 3.63) is 34.9 Å². The van der Waals surface area contributed by atoms with Gasteiger partial charge in [0.25, 0.3) is 0 Å². The predicted octanol–water partition coefficient (Wildman–Crippen LogP) is 4.04. The van der Waals surface area contributed by atoms with Crippen LogP contribution in [-0.4, -0.2) is 17.5 Å². The van der Waals surface area contributed by atoms with Gasteiger partial charge >= 0.3 is 0 Å². The van der Waals surface area contributed by atoms with Crippen molar-refractivity contribution in [1.29, 1.82) is 0 Å². The first-order valence-corrected chi connectivity index (χ1v) is 7.06. The molecule has 1 aliphatic rings. The molecule has 1 aromatic rings. The van der Waals surface area contributed by atoms with Crippen LogP contribution in [0, 0.1) is 0 Å². The number of benzene rings is 1. The lowest BCUT2D eigenvalue weighted by molar-refractivity contribution is 0.203. The van der Waals surface area contributed by atoms with Crippen LogP contribution in [0.2, 0.25) is 0 Å². The lowest BCUT2D eigenvalue weighted by atomic mass is 9.93. The molecule has 0 amide bonds. The molecule has 0 saturated carbocycles. The molecular formula is C16H27N. The molecule has 0 bridgehead atoms. The van der Waals surface area contributed by atoms with Crippen LogP contribution in [0.5, 0.6) is 0 Å². The van der Waals surface area contributed by atoms with Gasteiger partial charge in [-0.25, -0.2) is 0 Å². The van der Waals surface area contributed by atoms with Gasteiger partial charge in [0.05, 0.1) is 0 Å². The highest BCUT2D eigenvalue weighted by Gasteiger charge is 2.19. The van der Waals surface area contributed by atoms with Crippen molar-refractivity contribution in [3.8, 4) is 0 Å². The van der Waals surface area contributed by atoms with Gasteiger partial charge in [-0.2, -0.15) is 0 Å². The maximum absolute atomic E-state index is 2.56. The molecule has 1 heterocycles. The molecule has 0 unspecified atom stereocenters. The van der Waals surface area contributed by atoms with Crippen molar-refractivity contribution < 1.29 is 0 Å². The van der Waals surface area contributed by atoms with Crippen LogP contribution >= 0.6 is 0 Å². The Morgan fingerprint density at radius 3 is 2.53 bits per heavy atom. The Bertz CT molecular complexity index is 341. The maximum Gasteiger partial charge on any atom is 0.0239 e. The van der Waals surface area contributed by atoms with Crippen LogP contribution in [0.1, 0.15) is 51.3 Å². The third-order valence-corrected chi connectivity index (χ3v) is 3.50. The molecule has 2 rings (SSSR count). The maximum atomic E-state index is 2.56. The molecule has 0 spiro atoms. The Balaban J connectivity index is 0.000000686. The van der Waals surface area contributed by atoms with Gasteiger partial charge in [-0.3, -0.25) is 4.90 Å². The standard InChI is InChI=1S/C14H21N.C2H6/c1-4-12-6-5-7-13-10-15(11(2)3)9-8-14(12)13;1-2/h5-7,11H,4,8-10H2,1-3H3;1-2H3. The lowest BCUT2D eigenvalue weighted by Crippen LogP contribution is -2.36. The van der Waals surface area contributed by atoms with Crippen molar-refractivity contribution in [1.82, 2.24) is 4.90 Å². The summed E-state index contributed by atoms with van der Waals surface area (Å²) < 4.78 is 0. The zero-order chi connectivity index (χ0) is 12.8. The summed E-state index contributed by atoms with van der Waals surface area (Å²) in [4.78, 5) is 2.56. The Morgan fingerprint density at radius 1 is 1.24 bits per heavy atom. The molecule has 0 radical (unpaired) electrons. The Kier molecular flexibility index (Phi) is 5.70. The number of hydrogen-bond donors (Lipinski definition) is 0. The van der Waals surface area contributed by atoms with E-state index in [2.05, 4.69) is 43.9 Å². The summed E-state index contributed by atoms with van der Waals surface area (Å²) in [5.41, 5.74) is 4.72. The van der Waals surface area contributed by atoms with Crippen molar-refractivity contribution >= 4 is 0 Å². The predicted molar refractivity (Wildman–Crippen MR) is 76.4 cm³/mol. The van der Waals surface area contributed by atoms with Crippen molar-refractivity contribution in [2.75, 3.05) is 6.54 Å². The van der Waals surface area contributed by atoms with Gasteiger partial charge in [-0.1, -0.05) is 39.0 Å². The molecule has 0 fully saturated rings. The number of aryl methyl sites for hydroxylation is 1. The van der Waals surface area contributed by atoms with Crippen molar-refractivity contribution in [2.24, 2.45) is 0 Å². The Labute approximate surface area is 107 Å². The topological polar surface area (TPSA) is 3.24 Å². The van der Waals surface area contributed by atoms with Gasteiger partial charge in [-0.15, -0.1) is 0 Å². The van der Waals surface area contributed by atoms with E-state index in [0.717, 1.165) is 6.54 Å². The zero-order valence-corrected chi connectivity index (χ0v) is 12.1. The highest BCUT2D eigenvalue weighted by molar-refractivity contribution is 5.37. The Morgan fingerprint density at radius 2 is 1.94 bits per heavy atom. The third-order valence-electron chi connectivity index (χ3n) is 3.50. The van der Waals surface area contributed by atoms with Crippen LogP contribution in [0.15, 0.2) is 18.2 Å². The molecule has 1 aromatic carbocycles. The zero-order valence-electron chi connectivity index (χ0n) is 12.1. The lowest BCUT2D eigenvalue weighted by Gasteiger charge is -2.32. The van der Waals surface area contributed by atoms with Crippen molar-refractivity contribution in [2.45, 2.75) is 60.0 Å². The van der Waals surface area contributed by atoms with E-state index in [0.29, 0.717) is 6.04 Å². The first-order chi connectivity index (χ1) is 8.22. The van der Waals surface area contributed by atoms with Gasteiger partial charge in [0.2, 0.25) is 0 Å². The second kappa shape index (κ2) is 6.80. The fraction of sp³-hybridized carbons (Fsp3) is 0.625. The molecule has 0 N–H and O–H groups in total. The fourth-order valence-corrected chi connectivity index (χ4v) is 2.48. The molecule has 96 valence electrons. The van der Waals surface area contributed by atoms with Gasteiger partial charge in [0.1, 0.15) is 0 Å². The monoisotopic (exact) mass is 233 g/mol. The quantitative estimate of drug-likeness (QED) is 0.745. The summed E-state index contributed by atoms with van der Waals surface area (Å²) in [6.45, 7) is 13.2. The third kappa shape index (κ3) is 3.32. The molecule has 1 heteroatoms. The minimum absolute atomic E-state index is 0.670. The van der Waals surface area contributed by atoms with E-state index < -0.39 is 0 Å². The first kappa shape index (κ1) is 14.2. The second-order valence-corrected chi connectivity index (χ2v) is 4.72. The van der Waals surface area contributed by atoms with E-state index in [1.165, 1.54) is 19.4 Å². The highest BCUT2D eigenvalue weighted by Crippen LogP contribution is 2.23. The van der Waals surface area contributed by atoms with Gasteiger partial charge in [0, 0.05) is 19.1 Å². The number of hydrogen-bond acceptors (Lipinski definition) is 1. The second-order valence-electron chi connectivity index (χ2n) is 4.72. The molecule has 0 saturated heterocycles. The first-order valence-electron chi connectivity index (χ1n) is 7.06. The summed E-state index contributed by atoms with van der Waals surface area (Å²) in [6, 6.07) is 7.46. The molecule has 1 nitrogen and oxygen atoms in total. The van der Waals surface area contributed by atoms with E-state index in [4.69, 9.17) is 0 Å². The summed E-state index contributed by atoms with van der Waals surface area (Å²) in [5, 5.41) is 0. The average Bonchev–Trinajstić information content (AvgIpc) is 2.39. The van der Waals surface area contributed by atoms with Crippen LogP contribution in [-0.2, 0) is 19.4 Å². The number of nitrogens with zero attached hydrogens (tertiary/aromatic N) is 1. The van der Waals surface area contributed by atoms with Gasteiger partial charge in [-0.05, 0) is 43.4 Å². The van der Waals surface area contributed by atoms with E-state index >= 15 is 0 Å². The molecular weight excluding hydrogens is 206 g/mol. The normalized spacial score (nSPS) is 15.2. The summed E-state index contributed by atoms with van der Waals surface area (Å²) in [7, 11) is 0. The number of fused-ring (bicyclic) bond motifs is 1. The molecule has 0 atom stereocenters. The highest BCUT2D eigenvalue weighted by atomic mass is 15.1. The van der Waals surface area contributed by atoms with Crippen LogP contribution < -0.4 is 0 Å². The molecule has 17 heavy (non-hydrogen) atoms. The van der Waals surface area contributed by atoms with Crippen LogP contribution in [0.4, 0.5) is 0 Å². The SMILES string of the molecule is CC.CCc1cccc2c1CCN(C(C)C)C2. The minimum atomic E-state index is 0.670. The molecule has 0 aliphatic carbocycles. The van der Waals surface area contributed by atoms with E-state index in [9.17, 15) is 0 Å². The smallest absolute Gasteiger partial charge is 0.0239 e. The number of rotatable bonds is 2. The van der Waals surface area contributed by atoms with E-state index in [1.807, 2.05) is 13.8 Å². The van der Waals surface area contributed by atoms with Crippen LogP contribution in [0.25, 0.3) is 0 Å². The fourth-order valence-electron chi connectivity index (χ4n) is 2.48. The molecule has 1 aliphatic heterocycles. The largest absolute Gasteiger partial charge is 0.296 e. The Hall–Kier alpha value is -0.820. The van der Waals surface area contributed by atoms with Gasteiger partial charge in [0.15, 0.2) is 0 Å². The van der Waals surface area contributed by atoms with Crippen LogP contribution in [0.3, 0.4) is 0 Å². The molecule has 0 aromatic heterocycles. The minimum Gasteiger partial charge on any atom is -0.296 e. The van der Waals surface area contributed by atoms with E-state index in [1.54, 1.807) is 16.7 Å².